The van der Waals surface area contributed by atoms with Crippen LogP contribution in [0.15, 0.2) is 0 Å². The van der Waals surface area contributed by atoms with Crippen LogP contribution in [-0.4, -0.2) is 84.6 Å². The van der Waals surface area contributed by atoms with Crippen molar-refractivity contribution >= 4 is 0 Å². The molecule has 4 heterocycles. The predicted molar refractivity (Wildman–Crippen MR) is 96.5 cm³/mol. The van der Waals surface area contributed by atoms with Crippen molar-refractivity contribution in [2.75, 3.05) is 59.0 Å². The second-order valence-electron chi connectivity index (χ2n) is 8.06. The highest BCUT2D eigenvalue weighted by molar-refractivity contribution is 4.95. The van der Waals surface area contributed by atoms with Gasteiger partial charge < -0.3 is 4.74 Å². The van der Waals surface area contributed by atoms with Crippen LogP contribution < -0.4 is 0 Å². The van der Waals surface area contributed by atoms with Gasteiger partial charge in [-0.2, -0.15) is 0 Å². The first-order valence-corrected chi connectivity index (χ1v) is 10.5. The Kier molecular flexibility index (Phi) is 5.74. The molecule has 1 unspecified atom stereocenters. The second-order valence-corrected chi connectivity index (χ2v) is 8.06. The molecule has 0 bridgehead atoms. The molecule has 0 spiro atoms. The second kappa shape index (κ2) is 8.00. The van der Waals surface area contributed by atoms with Crippen molar-refractivity contribution in [1.29, 1.82) is 0 Å². The number of likely N-dealkylation sites (tertiary alicyclic amines) is 2. The highest BCUT2D eigenvalue weighted by atomic mass is 16.5. The fraction of sp³-hybridized carbons (Fsp3) is 1.00. The quantitative estimate of drug-likeness (QED) is 0.787. The molecule has 0 saturated carbocycles. The Morgan fingerprint density at radius 1 is 0.542 bits per heavy atom. The van der Waals surface area contributed by atoms with E-state index in [-0.39, 0.29) is 5.79 Å². The standard InChI is InChI=1S/C19H36N4O/c1-2-7-15-22(14-6-1)23-16-17-24-18-19(23,21-12-8-9-13-21)20-10-4-3-5-11-20/h1-18H2. The summed E-state index contributed by atoms with van der Waals surface area (Å²) in [5.41, 5.74) is 0. The summed E-state index contributed by atoms with van der Waals surface area (Å²) in [6.07, 6.45) is 12.3. The lowest BCUT2D eigenvalue weighted by atomic mass is 10.1. The third-order valence-corrected chi connectivity index (χ3v) is 6.56. The van der Waals surface area contributed by atoms with E-state index in [2.05, 4.69) is 19.8 Å². The molecule has 5 heteroatoms. The molecular formula is C19H36N4O. The maximum absolute atomic E-state index is 6.15. The van der Waals surface area contributed by atoms with Crippen LogP contribution in [0.4, 0.5) is 0 Å². The zero-order chi connectivity index (χ0) is 16.2. The fourth-order valence-corrected chi connectivity index (χ4v) is 5.31. The minimum atomic E-state index is -0.000486. The van der Waals surface area contributed by atoms with Gasteiger partial charge in [0.05, 0.1) is 13.2 Å². The highest BCUT2D eigenvalue weighted by Gasteiger charge is 2.52. The third kappa shape index (κ3) is 3.26. The van der Waals surface area contributed by atoms with Crippen LogP contribution in [-0.2, 0) is 4.74 Å². The van der Waals surface area contributed by atoms with E-state index < -0.39 is 0 Å². The van der Waals surface area contributed by atoms with Gasteiger partial charge in [0, 0.05) is 45.8 Å². The molecule has 4 aliphatic rings. The summed E-state index contributed by atoms with van der Waals surface area (Å²) in [5, 5.41) is 5.47. The normalized spacial score (nSPS) is 36.0. The largest absolute Gasteiger partial charge is 0.375 e. The minimum absolute atomic E-state index is 0.000486. The smallest absolute Gasteiger partial charge is 0.168 e. The lowest BCUT2D eigenvalue weighted by Gasteiger charge is -2.60. The average molecular weight is 337 g/mol. The van der Waals surface area contributed by atoms with Crippen LogP contribution in [0.2, 0.25) is 0 Å². The van der Waals surface area contributed by atoms with Gasteiger partial charge >= 0.3 is 0 Å². The van der Waals surface area contributed by atoms with Crippen LogP contribution in [0.1, 0.15) is 57.8 Å². The van der Waals surface area contributed by atoms with Crippen molar-refractivity contribution in [1.82, 2.24) is 19.8 Å². The zero-order valence-electron chi connectivity index (χ0n) is 15.4. The summed E-state index contributed by atoms with van der Waals surface area (Å²) >= 11 is 0. The van der Waals surface area contributed by atoms with E-state index in [1.807, 2.05) is 0 Å². The summed E-state index contributed by atoms with van der Waals surface area (Å²) in [6.45, 7) is 10.3. The predicted octanol–water partition coefficient (Wildman–Crippen LogP) is 2.35. The Morgan fingerprint density at radius 2 is 1.04 bits per heavy atom. The Morgan fingerprint density at radius 3 is 1.67 bits per heavy atom. The number of hydrogen-bond acceptors (Lipinski definition) is 5. The van der Waals surface area contributed by atoms with Crippen molar-refractivity contribution in [2.24, 2.45) is 0 Å². The van der Waals surface area contributed by atoms with Crippen molar-refractivity contribution in [2.45, 2.75) is 63.6 Å². The van der Waals surface area contributed by atoms with E-state index in [0.717, 1.165) is 19.8 Å². The van der Waals surface area contributed by atoms with Gasteiger partial charge in [0.2, 0.25) is 0 Å². The van der Waals surface area contributed by atoms with Crippen LogP contribution in [0.5, 0.6) is 0 Å². The lowest BCUT2D eigenvalue weighted by Crippen LogP contribution is -2.77. The molecule has 0 N–H and O–H groups in total. The first kappa shape index (κ1) is 17.2. The van der Waals surface area contributed by atoms with Crippen molar-refractivity contribution in [3.63, 3.8) is 0 Å². The summed E-state index contributed by atoms with van der Waals surface area (Å²) in [4.78, 5) is 5.55. The first-order valence-electron chi connectivity index (χ1n) is 10.5. The molecule has 4 saturated heterocycles. The number of nitrogens with zero attached hydrogens (tertiary/aromatic N) is 4. The van der Waals surface area contributed by atoms with Gasteiger partial charge in [-0.25, -0.2) is 10.0 Å². The first-order chi connectivity index (χ1) is 11.9. The zero-order valence-corrected chi connectivity index (χ0v) is 15.4. The molecule has 5 nitrogen and oxygen atoms in total. The summed E-state index contributed by atoms with van der Waals surface area (Å²) in [5.74, 6) is -0.000486. The van der Waals surface area contributed by atoms with Crippen molar-refractivity contribution < 1.29 is 4.74 Å². The molecule has 1 atom stereocenters. The molecule has 0 radical (unpaired) electrons. The van der Waals surface area contributed by atoms with Crippen LogP contribution in [0.3, 0.4) is 0 Å². The van der Waals surface area contributed by atoms with E-state index in [4.69, 9.17) is 4.74 Å². The number of rotatable bonds is 3. The Bertz CT molecular complexity index is 387. The van der Waals surface area contributed by atoms with Crippen LogP contribution >= 0.6 is 0 Å². The highest BCUT2D eigenvalue weighted by Crippen LogP contribution is 2.35. The van der Waals surface area contributed by atoms with Gasteiger partial charge in [0.15, 0.2) is 5.79 Å². The molecule has 0 amide bonds. The maximum atomic E-state index is 6.15. The van der Waals surface area contributed by atoms with E-state index in [1.165, 1.54) is 97.1 Å². The minimum Gasteiger partial charge on any atom is -0.375 e. The van der Waals surface area contributed by atoms with Crippen LogP contribution in [0, 0.1) is 0 Å². The van der Waals surface area contributed by atoms with Crippen LogP contribution in [0.25, 0.3) is 0 Å². The molecule has 24 heavy (non-hydrogen) atoms. The molecule has 0 aromatic heterocycles. The Labute approximate surface area is 147 Å². The molecule has 4 aliphatic heterocycles. The molecular weight excluding hydrogens is 300 g/mol. The molecule has 0 aromatic rings. The van der Waals surface area contributed by atoms with Gasteiger partial charge in [-0.15, -0.1) is 0 Å². The maximum Gasteiger partial charge on any atom is 0.168 e. The number of hydrogen-bond donors (Lipinski definition) is 0. The molecule has 4 fully saturated rings. The van der Waals surface area contributed by atoms with E-state index >= 15 is 0 Å². The topological polar surface area (TPSA) is 22.2 Å². The number of hydrazine groups is 1. The summed E-state index contributed by atoms with van der Waals surface area (Å²) in [7, 11) is 0. The number of morpholine rings is 1. The SMILES string of the molecule is C1CCCN(N2CCOCC2(N2CCCCC2)N2CCCC2)CC1. The number of ether oxygens (including phenoxy) is 1. The average Bonchev–Trinajstić information content (AvgIpc) is 3.06. The molecule has 4 rings (SSSR count). The van der Waals surface area contributed by atoms with Crippen molar-refractivity contribution in [3.05, 3.63) is 0 Å². The van der Waals surface area contributed by atoms with Gasteiger partial charge in [-0.3, -0.25) is 9.80 Å². The van der Waals surface area contributed by atoms with Crippen molar-refractivity contribution in [3.8, 4) is 0 Å². The third-order valence-electron chi connectivity index (χ3n) is 6.56. The van der Waals surface area contributed by atoms with Gasteiger partial charge in [0.1, 0.15) is 0 Å². The van der Waals surface area contributed by atoms with Gasteiger partial charge in [-0.1, -0.05) is 19.3 Å². The summed E-state index contributed by atoms with van der Waals surface area (Å²) in [6, 6.07) is 0. The number of piperidine rings is 1. The molecule has 0 aliphatic carbocycles. The lowest BCUT2D eigenvalue weighted by molar-refractivity contribution is -0.294. The Balaban J connectivity index is 1.64. The van der Waals surface area contributed by atoms with E-state index in [9.17, 15) is 0 Å². The van der Waals surface area contributed by atoms with E-state index in [1.54, 1.807) is 0 Å². The molecule has 138 valence electrons. The Hall–Kier alpha value is -0.200. The van der Waals surface area contributed by atoms with E-state index in [0.29, 0.717) is 0 Å². The fourth-order valence-electron chi connectivity index (χ4n) is 5.31. The van der Waals surface area contributed by atoms with Gasteiger partial charge in [-0.05, 0) is 38.5 Å². The van der Waals surface area contributed by atoms with Gasteiger partial charge in [0.25, 0.3) is 0 Å². The summed E-state index contributed by atoms with van der Waals surface area (Å²) < 4.78 is 6.15. The monoisotopic (exact) mass is 336 g/mol. The molecule has 0 aromatic carbocycles.